The lowest BCUT2D eigenvalue weighted by atomic mass is 10.1. The Hall–Kier alpha value is -0.320. The number of rotatable bonds is 5. The Bertz CT molecular complexity index is 445. The van der Waals surface area contributed by atoms with Gasteiger partial charge >= 0.3 is 0 Å². The van der Waals surface area contributed by atoms with Crippen LogP contribution in [-0.2, 0) is 11.3 Å². The first kappa shape index (κ1) is 14.6. The fourth-order valence-corrected chi connectivity index (χ4v) is 3.08. The van der Waals surface area contributed by atoms with Gasteiger partial charge < -0.3 is 10.1 Å². The molecule has 110 valence electrons. The molecule has 2 aliphatic rings. The van der Waals surface area contributed by atoms with Crippen molar-refractivity contribution in [3.8, 4) is 0 Å². The van der Waals surface area contributed by atoms with Crippen LogP contribution >= 0.6 is 23.2 Å². The summed E-state index contributed by atoms with van der Waals surface area (Å²) in [4.78, 5) is 2.42. The first-order valence-corrected chi connectivity index (χ1v) is 7.97. The number of hydrogen-bond donors (Lipinski definition) is 1. The van der Waals surface area contributed by atoms with E-state index in [4.69, 9.17) is 27.9 Å². The zero-order valence-corrected chi connectivity index (χ0v) is 13.0. The molecular weight excluding hydrogens is 295 g/mol. The quantitative estimate of drug-likeness (QED) is 0.904. The molecule has 0 radical (unpaired) electrons. The molecule has 1 N–H and O–H groups in total. The zero-order valence-electron chi connectivity index (χ0n) is 11.4. The molecule has 1 saturated heterocycles. The largest absolute Gasteiger partial charge is 0.378 e. The Morgan fingerprint density at radius 1 is 1.25 bits per heavy atom. The van der Waals surface area contributed by atoms with E-state index in [1.54, 1.807) is 0 Å². The molecule has 3 rings (SSSR count). The maximum Gasteiger partial charge on any atom is 0.0635 e. The van der Waals surface area contributed by atoms with Gasteiger partial charge in [-0.2, -0.15) is 0 Å². The summed E-state index contributed by atoms with van der Waals surface area (Å²) in [6.45, 7) is 4.26. The summed E-state index contributed by atoms with van der Waals surface area (Å²) < 4.78 is 5.62. The molecule has 1 aromatic carbocycles. The summed E-state index contributed by atoms with van der Waals surface area (Å²) in [5.74, 6) is 0. The molecular formula is C15H20Cl2N2O. The normalized spacial score (nSPS) is 24.0. The van der Waals surface area contributed by atoms with Gasteiger partial charge in [0.05, 0.1) is 13.2 Å². The Morgan fingerprint density at radius 2 is 2.00 bits per heavy atom. The molecule has 0 bridgehead atoms. The van der Waals surface area contributed by atoms with Crippen LogP contribution in [0.3, 0.4) is 0 Å². The predicted octanol–water partition coefficient (Wildman–Crippen LogP) is 2.95. The van der Waals surface area contributed by atoms with E-state index >= 15 is 0 Å². The first-order chi connectivity index (χ1) is 9.74. The average molecular weight is 315 g/mol. The van der Waals surface area contributed by atoms with Crippen LogP contribution < -0.4 is 5.32 Å². The van der Waals surface area contributed by atoms with Crippen molar-refractivity contribution in [2.24, 2.45) is 0 Å². The van der Waals surface area contributed by atoms with Gasteiger partial charge in [0.25, 0.3) is 0 Å². The molecule has 1 unspecified atom stereocenters. The Morgan fingerprint density at radius 3 is 2.70 bits per heavy atom. The van der Waals surface area contributed by atoms with Gasteiger partial charge in [-0.15, -0.1) is 0 Å². The minimum Gasteiger partial charge on any atom is -0.378 e. The molecule has 0 amide bonds. The molecule has 5 heteroatoms. The van der Waals surface area contributed by atoms with Crippen LogP contribution in [0.4, 0.5) is 0 Å². The summed E-state index contributed by atoms with van der Waals surface area (Å²) in [5.41, 5.74) is 1.02. The minimum atomic E-state index is 0.400. The molecule has 1 atom stereocenters. The highest BCUT2D eigenvalue weighted by atomic mass is 35.5. The van der Waals surface area contributed by atoms with Gasteiger partial charge in [0.15, 0.2) is 0 Å². The molecule has 20 heavy (non-hydrogen) atoms. The first-order valence-electron chi connectivity index (χ1n) is 7.22. The third-order valence-electron chi connectivity index (χ3n) is 3.99. The fraction of sp³-hybridized carbons (Fsp3) is 0.600. The summed E-state index contributed by atoms with van der Waals surface area (Å²) >= 11 is 12.6. The molecule has 1 aliphatic carbocycles. The van der Waals surface area contributed by atoms with E-state index in [-0.39, 0.29) is 0 Å². The van der Waals surface area contributed by atoms with Crippen LogP contribution in [0.2, 0.25) is 10.0 Å². The van der Waals surface area contributed by atoms with Crippen LogP contribution in [0.15, 0.2) is 18.2 Å². The second-order valence-corrected chi connectivity index (χ2v) is 6.40. The van der Waals surface area contributed by atoms with Crippen molar-refractivity contribution in [1.29, 1.82) is 0 Å². The molecule has 2 fully saturated rings. The number of nitrogens with zero attached hydrogens (tertiary/aromatic N) is 1. The van der Waals surface area contributed by atoms with E-state index in [0.29, 0.717) is 6.04 Å². The second-order valence-electron chi connectivity index (χ2n) is 5.58. The third-order valence-corrected chi connectivity index (χ3v) is 4.70. The highest BCUT2D eigenvalue weighted by Crippen LogP contribution is 2.27. The van der Waals surface area contributed by atoms with Gasteiger partial charge in [0.2, 0.25) is 0 Å². The van der Waals surface area contributed by atoms with E-state index in [0.717, 1.165) is 54.5 Å². The standard InChI is InChI=1S/C15H20Cl2N2O/c16-14-2-1-3-15(17)13(14)9-19-6-7-20-10-12(19)8-18-11-4-5-11/h1-3,11-12,18H,4-10H2. The van der Waals surface area contributed by atoms with Crippen LogP contribution in [0, 0.1) is 0 Å². The number of hydrogen-bond acceptors (Lipinski definition) is 3. The van der Waals surface area contributed by atoms with E-state index in [1.165, 1.54) is 12.8 Å². The van der Waals surface area contributed by atoms with Gasteiger partial charge in [0.1, 0.15) is 0 Å². The minimum absolute atomic E-state index is 0.400. The Balaban J connectivity index is 1.66. The molecule has 1 saturated carbocycles. The van der Waals surface area contributed by atoms with Crippen molar-refractivity contribution in [3.63, 3.8) is 0 Å². The molecule has 3 nitrogen and oxygen atoms in total. The number of halogens is 2. The highest BCUT2D eigenvalue weighted by Gasteiger charge is 2.27. The lowest BCUT2D eigenvalue weighted by Crippen LogP contribution is -2.50. The lowest BCUT2D eigenvalue weighted by molar-refractivity contribution is -0.0110. The second kappa shape index (κ2) is 6.63. The van der Waals surface area contributed by atoms with Crippen LogP contribution in [-0.4, -0.2) is 43.3 Å². The SMILES string of the molecule is Clc1cccc(Cl)c1CN1CCOCC1CNC1CC1. The van der Waals surface area contributed by atoms with Crippen LogP contribution in [0.5, 0.6) is 0 Å². The summed E-state index contributed by atoms with van der Waals surface area (Å²) in [6.07, 6.45) is 2.62. The third kappa shape index (κ3) is 3.66. The summed E-state index contributed by atoms with van der Waals surface area (Å²) in [5, 5.41) is 5.08. The van der Waals surface area contributed by atoms with Gasteiger partial charge in [-0.3, -0.25) is 4.90 Å². The molecule has 1 heterocycles. The van der Waals surface area contributed by atoms with E-state index in [9.17, 15) is 0 Å². The predicted molar refractivity (Wildman–Crippen MR) is 82.5 cm³/mol. The van der Waals surface area contributed by atoms with E-state index in [1.807, 2.05) is 18.2 Å². The van der Waals surface area contributed by atoms with E-state index in [2.05, 4.69) is 10.2 Å². The van der Waals surface area contributed by atoms with E-state index < -0.39 is 0 Å². The van der Waals surface area contributed by atoms with Gasteiger partial charge in [0, 0.05) is 47.3 Å². The number of nitrogens with one attached hydrogen (secondary N) is 1. The molecule has 0 spiro atoms. The van der Waals surface area contributed by atoms with Crippen molar-refractivity contribution in [3.05, 3.63) is 33.8 Å². The maximum atomic E-state index is 6.28. The fourth-order valence-electron chi connectivity index (χ4n) is 2.56. The number of benzene rings is 1. The Kier molecular flexibility index (Phi) is 4.84. The molecule has 1 aliphatic heterocycles. The number of ether oxygens (including phenoxy) is 1. The topological polar surface area (TPSA) is 24.5 Å². The van der Waals surface area contributed by atoms with Crippen molar-refractivity contribution in [2.75, 3.05) is 26.3 Å². The summed E-state index contributed by atoms with van der Waals surface area (Å²) in [7, 11) is 0. The van der Waals surface area contributed by atoms with Gasteiger partial charge in [-0.05, 0) is 25.0 Å². The van der Waals surface area contributed by atoms with Gasteiger partial charge in [-0.25, -0.2) is 0 Å². The monoisotopic (exact) mass is 314 g/mol. The lowest BCUT2D eigenvalue weighted by Gasteiger charge is -2.36. The smallest absolute Gasteiger partial charge is 0.0635 e. The van der Waals surface area contributed by atoms with Crippen LogP contribution in [0.25, 0.3) is 0 Å². The average Bonchev–Trinajstić information content (AvgIpc) is 3.26. The Labute approximate surface area is 130 Å². The zero-order chi connectivity index (χ0) is 13.9. The van der Waals surface area contributed by atoms with Gasteiger partial charge in [-0.1, -0.05) is 29.3 Å². The number of morpholine rings is 1. The van der Waals surface area contributed by atoms with Crippen LogP contribution in [0.1, 0.15) is 18.4 Å². The van der Waals surface area contributed by atoms with Crippen molar-refractivity contribution >= 4 is 23.2 Å². The molecule has 0 aromatic heterocycles. The molecule has 1 aromatic rings. The van der Waals surface area contributed by atoms with Crippen molar-refractivity contribution < 1.29 is 4.74 Å². The maximum absolute atomic E-state index is 6.28. The summed E-state index contributed by atoms with van der Waals surface area (Å²) in [6, 6.07) is 6.82. The van der Waals surface area contributed by atoms with Crippen molar-refractivity contribution in [2.45, 2.75) is 31.5 Å². The highest BCUT2D eigenvalue weighted by molar-refractivity contribution is 6.35. The van der Waals surface area contributed by atoms with Crippen molar-refractivity contribution in [1.82, 2.24) is 10.2 Å².